The molecule has 132 valence electrons. The Morgan fingerprint density at radius 3 is 2.46 bits per heavy atom. The van der Waals surface area contributed by atoms with E-state index in [1.807, 2.05) is 24.3 Å². The van der Waals surface area contributed by atoms with Crippen molar-refractivity contribution in [2.24, 2.45) is 0 Å². The normalized spacial score (nSPS) is 10.6. The van der Waals surface area contributed by atoms with Crippen LogP contribution in [-0.2, 0) is 0 Å². The summed E-state index contributed by atoms with van der Waals surface area (Å²) in [7, 11) is 0. The molecule has 0 radical (unpaired) electrons. The Kier molecular flexibility index (Phi) is 5.22. The molecule has 0 spiro atoms. The van der Waals surface area contributed by atoms with Crippen LogP contribution in [-0.4, -0.2) is 15.9 Å². The second-order valence-corrected chi connectivity index (χ2v) is 6.13. The lowest BCUT2D eigenvalue weighted by molar-refractivity contribution is 0.102. The third-order valence-electron chi connectivity index (χ3n) is 3.83. The van der Waals surface area contributed by atoms with Gasteiger partial charge in [0.25, 0.3) is 5.91 Å². The van der Waals surface area contributed by atoms with Gasteiger partial charge < -0.3 is 10.6 Å². The number of halogens is 1. The minimum absolute atomic E-state index is 0.282. The van der Waals surface area contributed by atoms with E-state index in [9.17, 15) is 9.18 Å². The number of aromatic nitrogens is 2. The fourth-order valence-electron chi connectivity index (χ4n) is 2.51. The van der Waals surface area contributed by atoms with Gasteiger partial charge in [-0.1, -0.05) is 38.1 Å². The van der Waals surface area contributed by atoms with Gasteiger partial charge in [-0.15, -0.1) is 0 Å². The monoisotopic (exact) mass is 350 g/mol. The highest BCUT2D eigenvalue weighted by molar-refractivity contribution is 6.04. The molecule has 0 bridgehead atoms. The maximum atomic E-state index is 13.2. The molecule has 0 fully saturated rings. The summed E-state index contributed by atoms with van der Waals surface area (Å²) in [5.74, 6) is -0.0551. The lowest BCUT2D eigenvalue weighted by Crippen LogP contribution is -2.14. The zero-order valence-electron chi connectivity index (χ0n) is 14.5. The number of rotatable bonds is 5. The molecule has 2 aromatic carbocycles. The number of carbonyl (C=O) groups is 1. The topological polar surface area (TPSA) is 66.9 Å². The Morgan fingerprint density at radius 2 is 1.77 bits per heavy atom. The zero-order chi connectivity index (χ0) is 18.5. The van der Waals surface area contributed by atoms with E-state index in [2.05, 4.69) is 34.4 Å². The van der Waals surface area contributed by atoms with Gasteiger partial charge in [0.2, 0.25) is 5.95 Å². The number of hydrogen-bond donors (Lipinski definition) is 2. The average molecular weight is 350 g/mol. The van der Waals surface area contributed by atoms with Gasteiger partial charge in [-0.3, -0.25) is 4.79 Å². The number of para-hydroxylation sites is 1. The van der Waals surface area contributed by atoms with Crippen molar-refractivity contribution in [1.82, 2.24) is 9.97 Å². The molecule has 0 aliphatic carbocycles. The molecule has 2 N–H and O–H groups in total. The molecule has 0 saturated heterocycles. The van der Waals surface area contributed by atoms with Gasteiger partial charge in [0.1, 0.15) is 5.82 Å². The highest BCUT2D eigenvalue weighted by Crippen LogP contribution is 2.24. The number of hydrogen-bond acceptors (Lipinski definition) is 4. The highest BCUT2D eigenvalue weighted by Gasteiger charge is 2.12. The molecule has 5 nitrogen and oxygen atoms in total. The van der Waals surface area contributed by atoms with Crippen LogP contribution in [0.4, 0.5) is 21.7 Å². The average Bonchev–Trinajstić information content (AvgIpc) is 2.62. The Balaban J connectivity index is 1.71. The van der Waals surface area contributed by atoms with Crippen molar-refractivity contribution >= 4 is 23.2 Å². The first kappa shape index (κ1) is 17.5. The molecular formula is C20H19FN4O. The van der Waals surface area contributed by atoms with Crippen LogP contribution in [0.1, 0.15) is 35.7 Å². The standard InChI is InChI=1S/C20H19FN4O/c1-13(2)17-8-3-4-9-18(17)25-19(26)14-11-22-20(23-12-14)24-16-7-5-6-15(21)10-16/h3-13H,1-2H3,(H,25,26)(H,22,23,24). The summed E-state index contributed by atoms with van der Waals surface area (Å²) in [5, 5.41) is 5.79. The number of carbonyl (C=O) groups excluding carboxylic acids is 1. The molecular weight excluding hydrogens is 331 g/mol. The zero-order valence-corrected chi connectivity index (χ0v) is 14.5. The number of nitrogens with one attached hydrogen (secondary N) is 2. The number of benzene rings is 2. The third kappa shape index (κ3) is 4.22. The van der Waals surface area contributed by atoms with E-state index >= 15 is 0 Å². The molecule has 0 unspecified atom stereocenters. The van der Waals surface area contributed by atoms with Crippen LogP contribution < -0.4 is 10.6 Å². The fourth-order valence-corrected chi connectivity index (χ4v) is 2.51. The summed E-state index contributed by atoms with van der Waals surface area (Å²) in [6.07, 6.45) is 2.86. The van der Waals surface area contributed by atoms with Crippen LogP contribution in [0.25, 0.3) is 0 Å². The summed E-state index contributed by atoms with van der Waals surface area (Å²) in [6.45, 7) is 4.14. The molecule has 0 aliphatic rings. The van der Waals surface area contributed by atoms with Crippen LogP contribution in [0.3, 0.4) is 0 Å². The van der Waals surface area contributed by atoms with Crippen LogP contribution in [0, 0.1) is 5.82 Å². The van der Waals surface area contributed by atoms with Gasteiger partial charge in [-0.25, -0.2) is 14.4 Å². The van der Waals surface area contributed by atoms with Crippen molar-refractivity contribution in [3.63, 3.8) is 0 Å². The number of anilines is 3. The summed E-state index contributed by atoms with van der Waals surface area (Å²) in [6, 6.07) is 13.7. The van der Waals surface area contributed by atoms with Crippen molar-refractivity contribution < 1.29 is 9.18 Å². The molecule has 6 heteroatoms. The summed E-state index contributed by atoms with van der Waals surface area (Å²) < 4.78 is 13.2. The Morgan fingerprint density at radius 1 is 1.04 bits per heavy atom. The first-order chi connectivity index (χ1) is 12.5. The maximum absolute atomic E-state index is 13.2. The smallest absolute Gasteiger partial charge is 0.258 e. The van der Waals surface area contributed by atoms with E-state index in [0.29, 0.717) is 17.2 Å². The second-order valence-electron chi connectivity index (χ2n) is 6.13. The van der Waals surface area contributed by atoms with E-state index in [-0.39, 0.29) is 17.7 Å². The summed E-state index contributed by atoms with van der Waals surface area (Å²) in [4.78, 5) is 20.7. The molecule has 3 aromatic rings. The minimum atomic E-state index is -0.352. The van der Waals surface area contributed by atoms with Gasteiger partial charge in [-0.2, -0.15) is 0 Å². The van der Waals surface area contributed by atoms with Gasteiger partial charge in [0.15, 0.2) is 0 Å². The second kappa shape index (κ2) is 7.74. The molecule has 1 heterocycles. The molecule has 1 amide bonds. The number of nitrogens with zero attached hydrogens (tertiary/aromatic N) is 2. The quantitative estimate of drug-likeness (QED) is 0.698. The SMILES string of the molecule is CC(C)c1ccccc1NC(=O)c1cnc(Nc2cccc(F)c2)nc1. The van der Waals surface area contributed by atoms with Crippen molar-refractivity contribution in [1.29, 1.82) is 0 Å². The Bertz CT molecular complexity index is 910. The maximum Gasteiger partial charge on any atom is 0.258 e. The number of amides is 1. The van der Waals surface area contributed by atoms with E-state index in [1.165, 1.54) is 24.5 Å². The van der Waals surface area contributed by atoms with Gasteiger partial charge in [-0.05, 0) is 35.7 Å². The van der Waals surface area contributed by atoms with Crippen molar-refractivity contribution in [3.8, 4) is 0 Å². The predicted octanol–water partition coefficient (Wildman–Crippen LogP) is 4.74. The summed E-state index contributed by atoms with van der Waals surface area (Å²) >= 11 is 0. The van der Waals surface area contributed by atoms with Crippen LogP contribution in [0.5, 0.6) is 0 Å². The van der Waals surface area contributed by atoms with E-state index < -0.39 is 0 Å². The van der Waals surface area contributed by atoms with Gasteiger partial charge in [0.05, 0.1) is 5.56 Å². The Hall–Kier alpha value is -3.28. The molecule has 26 heavy (non-hydrogen) atoms. The largest absolute Gasteiger partial charge is 0.324 e. The van der Waals surface area contributed by atoms with Crippen molar-refractivity contribution in [3.05, 3.63) is 77.9 Å². The van der Waals surface area contributed by atoms with Crippen molar-refractivity contribution in [2.75, 3.05) is 10.6 Å². The molecule has 3 rings (SSSR count). The van der Waals surface area contributed by atoms with E-state index in [1.54, 1.807) is 12.1 Å². The molecule has 0 saturated carbocycles. The van der Waals surface area contributed by atoms with Gasteiger partial charge in [0, 0.05) is 23.8 Å². The predicted molar refractivity (Wildman–Crippen MR) is 100 cm³/mol. The van der Waals surface area contributed by atoms with E-state index in [4.69, 9.17) is 0 Å². The summed E-state index contributed by atoms with van der Waals surface area (Å²) in [5.41, 5.74) is 2.71. The third-order valence-corrected chi connectivity index (χ3v) is 3.83. The van der Waals surface area contributed by atoms with Gasteiger partial charge >= 0.3 is 0 Å². The Labute approximate surface area is 151 Å². The minimum Gasteiger partial charge on any atom is -0.324 e. The lowest BCUT2D eigenvalue weighted by atomic mass is 10.0. The molecule has 0 aliphatic heterocycles. The fraction of sp³-hybridized carbons (Fsp3) is 0.150. The molecule has 1 aromatic heterocycles. The van der Waals surface area contributed by atoms with Crippen molar-refractivity contribution in [2.45, 2.75) is 19.8 Å². The highest BCUT2D eigenvalue weighted by atomic mass is 19.1. The first-order valence-electron chi connectivity index (χ1n) is 8.28. The van der Waals surface area contributed by atoms with Crippen LogP contribution >= 0.6 is 0 Å². The van der Waals surface area contributed by atoms with Crippen LogP contribution in [0.15, 0.2) is 60.9 Å². The lowest BCUT2D eigenvalue weighted by Gasteiger charge is -2.13. The van der Waals surface area contributed by atoms with Crippen LogP contribution in [0.2, 0.25) is 0 Å². The molecule has 0 atom stereocenters. The first-order valence-corrected chi connectivity index (χ1v) is 8.28. The van der Waals surface area contributed by atoms with E-state index in [0.717, 1.165) is 11.3 Å².